The number of anilines is 4. The van der Waals surface area contributed by atoms with Crippen molar-refractivity contribution in [2.45, 2.75) is 32.2 Å². The fraction of sp³-hybridized carbons (Fsp3) is 0.333. The van der Waals surface area contributed by atoms with Crippen molar-refractivity contribution in [1.82, 2.24) is 9.97 Å². The molecule has 1 fully saturated rings. The number of nitrogens with zero attached hydrogens (tertiary/aromatic N) is 4. The van der Waals surface area contributed by atoms with Crippen molar-refractivity contribution in [3.05, 3.63) is 71.9 Å². The minimum absolute atomic E-state index is 0.787. The van der Waals surface area contributed by atoms with Gasteiger partial charge in [0.05, 0.1) is 0 Å². The molecule has 0 saturated carbocycles. The Hall–Kier alpha value is -3.08. The predicted octanol–water partition coefficient (Wildman–Crippen LogP) is 4.77. The van der Waals surface area contributed by atoms with Crippen LogP contribution in [0.5, 0.6) is 0 Å². The maximum absolute atomic E-state index is 4.77. The van der Waals surface area contributed by atoms with Gasteiger partial charge in [-0.25, -0.2) is 4.98 Å². The standard InChI is InChI=1S/C24H27N5/c1-4-15-28(16-5-1)22-10-8-21(9-11-22)26-23-12-14-25-24(27-23)29-17-13-19-6-2-3-7-20(19)18-29/h2-3,6-12,14H,1,4-5,13,15-18H2,(H,25,26,27). The van der Waals surface area contributed by atoms with Gasteiger partial charge in [-0.1, -0.05) is 24.3 Å². The molecule has 148 valence electrons. The Morgan fingerprint density at radius 2 is 1.55 bits per heavy atom. The van der Waals surface area contributed by atoms with E-state index in [0.717, 1.165) is 37.0 Å². The van der Waals surface area contributed by atoms with Gasteiger partial charge in [-0.2, -0.15) is 4.98 Å². The Labute approximate surface area is 172 Å². The van der Waals surface area contributed by atoms with Gasteiger partial charge in [0.2, 0.25) is 5.95 Å². The summed E-state index contributed by atoms with van der Waals surface area (Å²) in [7, 11) is 0. The highest BCUT2D eigenvalue weighted by Gasteiger charge is 2.18. The largest absolute Gasteiger partial charge is 0.372 e. The molecule has 0 bridgehead atoms. The third-order valence-electron chi connectivity index (χ3n) is 5.92. The summed E-state index contributed by atoms with van der Waals surface area (Å²) < 4.78 is 0. The lowest BCUT2D eigenvalue weighted by Gasteiger charge is -2.29. The van der Waals surface area contributed by atoms with E-state index >= 15 is 0 Å². The summed E-state index contributed by atoms with van der Waals surface area (Å²) >= 11 is 0. The quantitative estimate of drug-likeness (QED) is 0.701. The number of piperidine rings is 1. The Kier molecular flexibility index (Phi) is 5.03. The zero-order chi connectivity index (χ0) is 19.5. The molecular weight excluding hydrogens is 358 g/mol. The van der Waals surface area contributed by atoms with Gasteiger partial charge in [-0.3, -0.25) is 0 Å². The number of benzene rings is 2. The molecule has 0 unspecified atom stereocenters. The second-order valence-corrected chi connectivity index (χ2v) is 7.90. The molecule has 5 rings (SSSR count). The zero-order valence-electron chi connectivity index (χ0n) is 16.7. The van der Waals surface area contributed by atoms with Crippen molar-refractivity contribution in [1.29, 1.82) is 0 Å². The third kappa shape index (κ3) is 4.04. The maximum atomic E-state index is 4.77. The third-order valence-corrected chi connectivity index (χ3v) is 5.92. The maximum Gasteiger partial charge on any atom is 0.227 e. The summed E-state index contributed by atoms with van der Waals surface area (Å²) in [5, 5.41) is 3.44. The van der Waals surface area contributed by atoms with Crippen LogP contribution in [0.3, 0.4) is 0 Å². The van der Waals surface area contributed by atoms with Crippen LogP contribution >= 0.6 is 0 Å². The van der Waals surface area contributed by atoms with Gasteiger partial charge >= 0.3 is 0 Å². The summed E-state index contributed by atoms with van der Waals surface area (Å²) in [6.45, 7) is 4.15. The number of hydrogen-bond acceptors (Lipinski definition) is 5. The molecule has 0 aliphatic carbocycles. The van der Waals surface area contributed by atoms with E-state index in [1.165, 1.54) is 49.2 Å². The summed E-state index contributed by atoms with van der Waals surface area (Å²) in [4.78, 5) is 14.0. The van der Waals surface area contributed by atoms with Crippen molar-refractivity contribution >= 4 is 23.1 Å². The molecule has 0 amide bonds. The molecule has 0 spiro atoms. The molecule has 1 N–H and O–H groups in total. The van der Waals surface area contributed by atoms with E-state index in [1.54, 1.807) is 0 Å². The Bertz CT molecular complexity index is 963. The van der Waals surface area contributed by atoms with Gasteiger partial charge in [0.25, 0.3) is 0 Å². The van der Waals surface area contributed by atoms with E-state index in [2.05, 4.69) is 68.6 Å². The van der Waals surface area contributed by atoms with Crippen molar-refractivity contribution in [2.24, 2.45) is 0 Å². The van der Waals surface area contributed by atoms with E-state index in [-0.39, 0.29) is 0 Å². The fourth-order valence-corrected chi connectivity index (χ4v) is 4.29. The highest BCUT2D eigenvalue weighted by atomic mass is 15.3. The molecule has 2 aliphatic heterocycles. The molecule has 5 heteroatoms. The number of nitrogens with one attached hydrogen (secondary N) is 1. The Balaban J connectivity index is 1.28. The van der Waals surface area contributed by atoms with Crippen LogP contribution in [0, 0.1) is 0 Å². The number of hydrogen-bond donors (Lipinski definition) is 1. The van der Waals surface area contributed by atoms with Crippen LogP contribution < -0.4 is 15.1 Å². The number of fused-ring (bicyclic) bond motifs is 1. The summed E-state index contributed by atoms with van der Waals surface area (Å²) in [5.41, 5.74) is 5.17. The van der Waals surface area contributed by atoms with Crippen LogP contribution in [0.2, 0.25) is 0 Å². The summed E-state index contributed by atoms with van der Waals surface area (Å²) in [6.07, 6.45) is 6.83. The number of rotatable bonds is 4. The predicted molar refractivity (Wildman–Crippen MR) is 119 cm³/mol. The monoisotopic (exact) mass is 385 g/mol. The minimum atomic E-state index is 0.787. The first kappa shape index (κ1) is 18.0. The lowest BCUT2D eigenvalue weighted by atomic mass is 10.0. The molecule has 2 aromatic carbocycles. The molecule has 5 nitrogen and oxygen atoms in total. The topological polar surface area (TPSA) is 44.3 Å². The first-order valence-electron chi connectivity index (χ1n) is 10.6. The normalized spacial score (nSPS) is 16.4. The SMILES string of the molecule is c1ccc2c(c1)CCN(c1nccc(Nc3ccc(N4CCCCC4)cc3)n1)C2. The van der Waals surface area contributed by atoms with Gasteiger partial charge in [0.15, 0.2) is 0 Å². The first-order chi connectivity index (χ1) is 14.3. The van der Waals surface area contributed by atoms with Crippen LogP contribution in [0.4, 0.5) is 23.1 Å². The second kappa shape index (κ2) is 8.11. The lowest BCUT2D eigenvalue weighted by molar-refractivity contribution is 0.578. The highest BCUT2D eigenvalue weighted by molar-refractivity contribution is 5.61. The van der Waals surface area contributed by atoms with E-state index in [0.29, 0.717) is 0 Å². The van der Waals surface area contributed by atoms with Gasteiger partial charge in [-0.05, 0) is 67.1 Å². The minimum Gasteiger partial charge on any atom is -0.372 e. The average Bonchev–Trinajstić information content (AvgIpc) is 2.80. The van der Waals surface area contributed by atoms with Crippen molar-refractivity contribution in [3.63, 3.8) is 0 Å². The van der Waals surface area contributed by atoms with Gasteiger partial charge < -0.3 is 15.1 Å². The van der Waals surface area contributed by atoms with Crippen molar-refractivity contribution in [2.75, 3.05) is 34.8 Å². The molecular formula is C24H27N5. The highest BCUT2D eigenvalue weighted by Crippen LogP contribution is 2.25. The first-order valence-corrected chi connectivity index (χ1v) is 10.6. The van der Waals surface area contributed by atoms with E-state index in [1.807, 2.05) is 12.3 Å². The molecule has 0 radical (unpaired) electrons. The van der Waals surface area contributed by atoms with Gasteiger partial charge in [0.1, 0.15) is 5.82 Å². The van der Waals surface area contributed by atoms with Gasteiger partial charge in [0, 0.05) is 43.8 Å². The van der Waals surface area contributed by atoms with E-state index < -0.39 is 0 Å². The molecule has 0 atom stereocenters. The van der Waals surface area contributed by atoms with Crippen molar-refractivity contribution < 1.29 is 0 Å². The molecule has 1 aromatic heterocycles. The smallest absolute Gasteiger partial charge is 0.227 e. The second-order valence-electron chi connectivity index (χ2n) is 7.90. The van der Waals surface area contributed by atoms with Crippen molar-refractivity contribution in [3.8, 4) is 0 Å². The van der Waals surface area contributed by atoms with Crippen LogP contribution in [0.15, 0.2) is 60.8 Å². The lowest BCUT2D eigenvalue weighted by Crippen LogP contribution is -2.31. The zero-order valence-corrected chi connectivity index (χ0v) is 16.7. The molecule has 1 saturated heterocycles. The van der Waals surface area contributed by atoms with E-state index in [4.69, 9.17) is 4.98 Å². The van der Waals surface area contributed by atoms with Crippen LogP contribution in [0.1, 0.15) is 30.4 Å². The summed E-state index contributed by atoms with van der Waals surface area (Å²) in [5.74, 6) is 1.62. The molecule has 2 aliphatic rings. The van der Waals surface area contributed by atoms with Crippen LogP contribution in [-0.4, -0.2) is 29.6 Å². The molecule has 29 heavy (non-hydrogen) atoms. The Morgan fingerprint density at radius 1 is 0.759 bits per heavy atom. The fourth-order valence-electron chi connectivity index (χ4n) is 4.29. The number of aromatic nitrogens is 2. The van der Waals surface area contributed by atoms with Crippen LogP contribution in [0.25, 0.3) is 0 Å². The molecule has 3 heterocycles. The van der Waals surface area contributed by atoms with Gasteiger partial charge in [-0.15, -0.1) is 0 Å². The van der Waals surface area contributed by atoms with E-state index in [9.17, 15) is 0 Å². The average molecular weight is 386 g/mol. The van der Waals surface area contributed by atoms with Crippen LogP contribution in [-0.2, 0) is 13.0 Å². The Morgan fingerprint density at radius 3 is 2.38 bits per heavy atom. The summed E-state index contributed by atoms with van der Waals surface area (Å²) in [6, 6.07) is 19.3. The molecule has 3 aromatic rings.